The predicted molar refractivity (Wildman–Crippen MR) is 96.6 cm³/mol. The zero-order valence-electron chi connectivity index (χ0n) is 15.0. The number of methoxy groups -OCH3 is 1. The number of rotatable bonds is 6. The number of hydrogen-bond donors (Lipinski definition) is 0. The van der Waals surface area contributed by atoms with Crippen LogP contribution < -0.4 is 4.74 Å². The van der Waals surface area contributed by atoms with Gasteiger partial charge in [0.25, 0.3) is 0 Å². The molecule has 0 radical (unpaired) electrons. The summed E-state index contributed by atoms with van der Waals surface area (Å²) < 4.78 is 11.1. The Bertz CT molecular complexity index is 538. The van der Waals surface area contributed by atoms with Gasteiger partial charge in [0.15, 0.2) is 0 Å². The van der Waals surface area contributed by atoms with Crippen LogP contribution >= 0.6 is 0 Å². The van der Waals surface area contributed by atoms with E-state index >= 15 is 0 Å². The largest absolute Gasteiger partial charge is 0.491 e. The lowest BCUT2D eigenvalue weighted by molar-refractivity contribution is 0.109. The highest BCUT2D eigenvalue weighted by Gasteiger charge is 2.42. The van der Waals surface area contributed by atoms with E-state index in [0.29, 0.717) is 19.1 Å². The van der Waals surface area contributed by atoms with Crippen LogP contribution in [-0.2, 0) is 4.74 Å². The standard InChI is InChI=1S/C21H31NO2/c1-23-12-13-24-21-5-3-2-4-19(21)17-8-10-22(11-9-17)20-15-16-6-7-18(20)14-16/h2-5,16-18,20H,6-15H2,1H3/t16-,18-,20-/m0/s1. The molecule has 1 aromatic rings. The summed E-state index contributed by atoms with van der Waals surface area (Å²) in [6.07, 6.45) is 8.54. The van der Waals surface area contributed by atoms with Gasteiger partial charge in [-0.05, 0) is 74.6 Å². The Balaban J connectivity index is 1.36. The van der Waals surface area contributed by atoms with Gasteiger partial charge in [-0.3, -0.25) is 0 Å². The van der Waals surface area contributed by atoms with Crippen molar-refractivity contribution >= 4 is 0 Å². The number of ether oxygens (including phenoxy) is 2. The van der Waals surface area contributed by atoms with E-state index in [2.05, 4.69) is 29.2 Å². The Morgan fingerprint density at radius 2 is 1.83 bits per heavy atom. The molecule has 3 heteroatoms. The van der Waals surface area contributed by atoms with Crippen LogP contribution in [0.15, 0.2) is 24.3 Å². The minimum absolute atomic E-state index is 0.636. The van der Waals surface area contributed by atoms with Crippen molar-refractivity contribution in [1.82, 2.24) is 4.90 Å². The van der Waals surface area contributed by atoms with Crippen molar-refractivity contribution in [2.45, 2.75) is 50.5 Å². The number of nitrogens with zero attached hydrogens (tertiary/aromatic N) is 1. The molecule has 2 aliphatic carbocycles. The van der Waals surface area contributed by atoms with Crippen molar-refractivity contribution in [3.8, 4) is 5.75 Å². The molecule has 24 heavy (non-hydrogen) atoms. The van der Waals surface area contributed by atoms with Gasteiger partial charge in [-0.1, -0.05) is 24.6 Å². The van der Waals surface area contributed by atoms with Gasteiger partial charge in [0.1, 0.15) is 12.4 Å². The molecule has 1 heterocycles. The summed E-state index contributed by atoms with van der Waals surface area (Å²) in [4.78, 5) is 2.81. The summed E-state index contributed by atoms with van der Waals surface area (Å²) in [6, 6.07) is 9.52. The SMILES string of the molecule is COCCOc1ccccc1C1CCN([C@H]2C[C@H]3CC[C@H]2C3)CC1. The topological polar surface area (TPSA) is 21.7 Å². The lowest BCUT2D eigenvalue weighted by atomic mass is 9.86. The third kappa shape index (κ3) is 3.34. The molecule has 1 aromatic carbocycles. The molecule has 0 unspecified atom stereocenters. The molecule has 1 aliphatic heterocycles. The van der Waals surface area contributed by atoms with Crippen molar-refractivity contribution in [1.29, 1.82) is 0 Å². The van der Waals surface area contributed by atoms with Crippen LogP contribution in [0, 0.1) is 11.8 Å². The van der Waals surface area contributed by atoms with Crippen LogP contribution in [0.5, 0.6) is 5.75 Å². The normalized spacial score (nSPS) is 30.8. The van der Waals surface area contributed by atoms with Crippen molar-refractivity contribution in [3.63, 3.8) is 0 Å². The first kappa shape index (κ1) is 16.4. The number of fused-ring (bicyclic) bond motifs is 2. The third-order valence-electron chi connectivity index (χ3n) is 6.60. The highest BCUT2D eigenvalue weighted by Crippen LogP contribution is 2.47. The van der Waals surface area contributed by atoms with Gasteiger partial charge in [-0.25, -0.2) is 0 Å². The maximum absolute atomic E-state index is 5.96. The van der Waals surface area contributed by atoms with Crippen molar-refractivity contribution < 1.29 is 9.47 Å². The first-order valence-corrected chi connectivity index (χ1v) is 9.80. The summed E-state index contributed by atoms with van der Waals surface area (Å²) in [5, 5.41) is 0. The van der Waals surface area contributed by atoms with E-state index in [-0.39, 0.29) is 0 Å². The monoisotopic (exact) mass is 329 g/mol. The number of benzene rings is 1. The molecule has 0 N–H and O–H groups in total. The van der Waals surface area contributed by atoms with Crippen LogP contribution in [0.25, 0.3) is 0 Å². The molecule has 4 rings (SSSR count). The molecule has 3 fully saturated rings. The summed E-state index contributed by atoms with van der Waals surface area (Å²) >= 11 is 0. The number of piperidine rings is 1. The Morgan fingerprint density at radius 1 is 1.00 bits per heavy atom. The molecule has 0 amide bonds. The zero-order valence-corrected chi connectivity index (χ0v) is 15.0. The van der Waals surface area contributed by atoms with E-state index in [9.17, 15) is 0 Å². The van der Waals surface area contributed by atoms with Crippen LogP contribution in [0.1, 0.15) is 50.0 Å². The summed E-state index contributed by atoms with van der Waals surface area (Å²) in [5.41, 5.74) is 1.40. The van der Waals surface area contributed by atoms with Crippen molar-refractivity contribution in [3.05, 3.63) is 29.8 Å². The maximum atomic E-state index is 5.96. The van der Waals surface area contributed by atoms with E-state index < -0.39 is 0 Å². The number of likely N-dealkylation sites (tertiary alicyclic amines) is 1. The van der Waals surface area contributed by atoms with Crippen molar-refractivity contribution in [2.24, 2.45) is 11.8 Å². The molecule has 0 aromatic heterocycles. The minimum Gasteiger partial charge on any atom is -0.491 e. The molecule has 1 saturated heterocycles. The number of para-hydroxylation sites is 1. The molecule has 2 saturated carbocycles. The van der Waals surface area contributed by atoms with Gasteiger partial charge < -0.3 is 14.4 Å². The molecular weight excluding hydrogens is 298 g/mol. The lowest BCUT2D eigenvalue weighted by Crippen LogP contribution is -2.43. The predicted octanol–water partition coefficient (Wildman–Crippen LogP) is 4.08. The second kappa shape index (κ2) is 7.45. The van der Waals surface area contributed by atoms with Gasteiger partial charge in [-0.2, -0.15) is 0 Å². The summed E-state index contributed by atoms with van der Waals surface area (Å²) in [7, 11) is 1.72. The van der Waals surface area contributed by atoms with E-state index in [0.717, 1.165) is 23.6 Å². The summed E-state index contributed by atoms with van der Waals surface area (Å²) in [6.45, 7) is 3.82. The Morgan fingerprint density at radius 3 is 2.54 bits per heavy atom. The van der Waals surface area contributed by atoms with Gasteiger partial charge >= 0.3 is 0 Å². The van der Waals surface area contributed by atoms with Gasteiger partial charge in [-0.15, -0.1) is 0 Å². The van der Waals surface area contributed by atoms with Crippen LogP contribution in [0.2, 0.25) is 0 Å². The van der Waals surface area contributed by atoms with E-state index in [1.807, 2.05) is 0 Å². The molecule has 2 bridgehead atoms. The van der Waals surface area contributed by atoms with Gasteiger partial charge in [0.05, 0.1) is 6.61 Å². The smallest absolute Gasteiger partial charge is 0.122 e. The van der Waals surface area contributed by atoms with Crippen LogP contribution in [-0.4, -0.2) is 44.4 Å². The fourth-order valence-electron chi connectivity index (χ4n) is 5.38. The van der Waals surface area contributed by atoms with E-state index in [4.69, 9.17) is 9.47 Å². The zero-order chi connectivity index (χ0) is 16.4. The first-order valence-electron chi connectivity index (χ1n) is 9.80. The minimum atomic E-state index is 0.636. The average molecular weight is 329 g/mol. The molecular formula is C21H31NO2. The summed E-state index contributed by atoms with van der Waals surface area (Å²) in [5.74, 6) is 3.77. The molecule has 0 spiro atoms. The highest BCUT2D eigenvalue weighted by molar-refractivity contribution is 5.36. The fraction of sp³-hybridized carbons (Fsp3) is 0.714. The maximum Gasteiger partial charge on any atom is 0.122 e. The van der Waals surface area contributed by atoms with Crippen molar-refractivity contribution in [2.75, 3.05) is 33.4 Å². The van der Waals surface area contributed by atoms with Crippen LogP contribution in [0.3, 0.4) is 0 Å². The Hall–Kier alpha value is -1.06. The molecule has 3 nitrogen and oxygen atoms in total. The van der Waals surface area contributed by atoms with Crippen LogP contribution in [0.4, 0.5) is 0 Å². The molecule has 132 valence electrons. The number of hydrogen-bond acceptors (Lipinski definition) is 3. The quantitative estimate of drug-likeness (QED) is 0.734. The second-order valence-electron chi connectivity index (χ2n) is 7.93. The molecule has 3 aliphatic rings. The second-order valence-corrected chi connectivity index (χ2v) is 7.93. The van der Waals surface area contributed by atoms with Gasteiger partial charge in [0, 0.05) is 13.2 Å². The fourth-order valence-corrected chi connectivity index (χ4v) is 5.38. The third-order valence-corrected chi connectivity index (χ3v) is 6.60. The Kier molecular flexibility index (Phi) is 5.09. The Labute approximate surface area is 146 Å². The average Bonchev–Trinajstić information content (AvgIpc) is 3.26. The highest BCUT2D eigenvalue weighted by atomic mass is 16.5. The lowest BCUT2D eigenvalue weighted by Gasteiger charge is -2.40. The van der Waals surface area contributed by atoms with Gasteiger partial charge in [0.2, 0.25) is 0 Å². The van der Waals surface area contributed by atoms with E-state index in [1.165, 1.54) is 57.2 Å². The first-order chi connectivity index (χ1) is 11.8. The van der Waals surface area contributed by atoms with E-state index in [1.54, 1.807) is 7.11 Å². The molecule has 3 atom stereocenters.